The molecule has 0 spiro atoms. The lowest BCUT2D eigenvalue weighted by Crippen LogP contribution is -2.36. The highest BCUT2D eigenvalue weighted by molar-refractivity contribution is 7.89. The molecule has 0 fully saturated rings. The fraction of sp³-hybridized carbons (Fsp3) is 0.391. The lowest BCUT2D eigenvalue weighted by Gasteiger charge is -2.28. The first-order valence-corrected chi connectivity index (χ1v) is 12.4. The number of benzene rings is 2. The van der Waals surface area contributed by atoms with Gasteiger partial charge < -0.3 is 10.1 Å². The van der Waals surface area contributed by atoms with E-state index < -0.39 is 28.5 Å². The van der Waals surface area contributed by atoms with Gasteiger partial charge in [-0.2, -0.15) is 4.31 Å². The highest BCUT2D eigenvalue weighted by Crippen LogP contribution is 2.27. The number of fused-ring (bicyclic) bond motifs is 1. The van der Waals surface area contributed by atoms with Crippen LogP contribution >= 0.6 is 11.6 Å². The van der Waals surface area contributed by atoms with Crippen molar-refractivity contribution in [3.63, 3.8) is 0 Å². The number of hydrogen-bond donors (Lipinski definition) is 1. The Bertz CT molecular complexity index is 1100. The van der Waals surface area contributed by atoms with E-state index in [1.165, 1.54) is 22.5 Å². The summed E-state index contributed by atoms with van der Waals surface area (Å²) in [6, 6.07) is 11.6. The highest BCUT2D eigenvalue weighted by atomic mass is 35.5. The summed E-state index contributed by atoms with van der Waals surface area (Å²) in [5.74, 6) is -1.28. The van der Waals surface area contributed by atoms with E-state index in [1.807, 2.05) is 38.1 Å². The summed E-state index contributed by atoms with van der Waals surface area (Å²) in [7, 11) is -3.84. The van der Waals surface area contributed by atoms with E-state index in [4.69, 9.17) is 16.3 Å². The van der Waals surface area contributed by atoms with Crippen molar-refractivity contribution in [3.05, 3.63) is 64.2 Å². The monoisotopic (exact) mass is 478 g/mol. The summed E-state index contributed by atoms with van der Waals surface area (Å²) in [6.45, 7) is 4.01. The molecule has 32 heavy (non-hydrogen) atoms. The van der Waals surface area contributed by atoms with Crippen LogP contribution in [0.4, 0.5) is 0 Å². The quantitative estimate of drug-likeness (QED) is 0.586. The molecule has 0 aliphatic carbocycles. The molecule has 1 heterocycles. The Morgan fingerprint density at radius 3 is 2.62 bits per heavy atom. The molecule has 0 saturated carbocycles. The van der Waals surface area contributed by atoms with E-state index in [1.54, 1.807) is 0 Å². The number of nitrogens with zero attached hydrogens (tertiary/aromatic N) is 1. The standard InChI is InChI=1S/C23H27ClN2O5S/c1-3-6-16(2)25-22(27)15-31-23(28)20-13-19(9-10-21(20)24)32(29,30)26-12-11-17-7-4-5-8-18(17)14-26/h4-5,7-10,13,16H,3,6,11-12,14-15H2,1-2H3,(H,25,27). The molecule has 172 valence electrons. The van der Waals surface area contributed by atoms with Crippen molar-refractivity contribution in [3.8, 4) is 0 Å². The molecule has 7 nitrogen and oxygen atoms in total. The van der Waals surface area contributed by atoms with E-state index in [9.17, 15) is 18.0 Å². The van der Waals surface area contributed by atoms with E-state index in [-0.39, 0.29) is 28.1 Å². The number of carbonyl (C=O) groups excluding carboxylic acids is 2. The molecule has 0 bridgehead atoms. The molecule has 0 aromatic heterocycles. The first-order chi connectivity index (χ1) is 15.2. The Balaban J connectivity index is 1.72. The van der Waals surface area contributed by atoms with Gasteiger partial charge in [0.2, 0.25) is 10.0 Å². The molecule has 1 unspecified atom stereocenters. The summed E-state index contributed by atoms with van der Waals surface area (Å²) in [4.78, 5) is 24.4. The Morgan fingerprint density at radius 2 is 1.91 bits per heavy atom. The van der Waals surface area contributed by atoms with E-state index in [0.717, 1.165) is 24.0 Å². The molecule has 1 atom stereocenters. The predicted molar refractivity (Wildman–Crippen MR) is 122 cm³/mol. The Hall–Kier alpha value is -2.42. The zero-order valence-corrected chi connectivity index (χ0v) is 19.7. The van der Waals surface area contributed by atoms with Crippen LogP contribution in [0, 0.1) is 0 Å². The van der Waals surface area contributed by atoms with Crippen molar-refractivity contribution in [2.45, 2.75) is 50.6 Å². The first kappa shape index (κ1) is 24.2. The van der Waals surface area contributed by atoms with Crippen molar-refractivity contribution in [1.29, 1.82) is 0 Å². The Labute approximate surface area is 193 Å². The SMILES string of the molecule is CCCC(C)NC(=O)COC(=O)c1cc(S(=O)(=O)N2CCc3ccccc3C2)ccc1Cl. The van der Waals surface area contributed by atoms with Gasteiger partial charge in [-0.05, 0) is 49.1 Å². The van der Waals surface area contributed by atoms with Crippen LogP contribution in [0.5, 0.6) is 0 Å². The van der Waals surface area contributed by atoms with E-state index >= 15 is 0 Å². The number of amides is 1. The van der Waals surface area contributed by atoms with Gasteiger partial charge in [-0.25, -0.2) is 13.2 Å². The molecule has 1 amide bonds. The maximum Gasteiger partial charge on any atom is 0.340 e. The predicted octanol–water partition coefficient (Wildman–Crippen LogP) is 3.55. The first-order valence-electron chi connectivity index (χ1n) is 10.5. The molecule has 9 heteroatoms. The number of nitrogens with one attached hydrogen (secondary N) is 1. The number of hydrogen-bond acceptors (Lipinski definition) is 5. The zero-order valence-electron chi connectivity index (χ0n) is 18.1. The van der Waals surface area contributed by atoms with Gasteiger partial charge >= 0.3 is 5.97 Å². The molecule has 2 aromatic carbocycles. The molecular formula is C23H27ClN2O5S. The number of carbonyl (C=O) groups is 2. The van der Waals surface area contributed by atoms with Gasteiger partial charge in [0.05, 0.1) is 15.5 Å². The number of esters is 1. The fourth-order valence-corrected chi connectivity index (χ4v) is 5.32. The minimum absolute atomic E-state index is 0.0297. The average Bonchev–Trinajstić information content (AvgIpc) is 2.77. The molecule has 2 aromatic rings. The number of halogens is 1. The molecule has 1 aliphatic rings. The molecule has 0 saturated heterocycles. The third-order valence-corrected chi connectivity index (χ3v) is 7.53. The highest BCUT2D eigenvalue weighted by Gasteiger charge is 2.29. The minimum Gasteiger partial charge on any atom is -0.452 e. The van der Waals surface area contributed by atoms with Crippen LogP contribution < -0.4 is 5.32 Å². The average molecular weight is 479 g/mol. The van der Waals surface area contributed by atoms with E-state index in [2.05, 4.69) is 5.32 Å². The van der Waals surface area contributed by atoms with Crippen LogP contribution in [-0.2, 0) is 32.5 Å². The van der Waals surface area contributed by atoms with Gasteiger partial charge in [-0.15, -0.1) is 0 Å². The van der Waals surface area contributed by atoms with Gasteiger partial charge in [0, 0.05) is 19.1 Å². The van der Waals surface area contributed by atoms with Crippen molar-refractivity contribution < 1.29 is 22.7 Å². The van der Waals surface area contributed by atoms with Crippen LogP contribution in [-0.4, -0.2) is 43.8 Å². The van der Waals surface area contributed by atoms with Crippen LogP contribution in [0.3, 0.4) is 0 Å². The summed E-state index contributed by atoms with van der Waals surface area (Å²) in [5.41, 5.74) is 1.99. The molecule has 1 aliphatic heterocycles. The van der Waals surface area contributed by atoms with Crippen LogP contribution in [0.1, 0.15) is 48.2 Å². The van der Waals surface area contributed by atoms with Gasteiger partial charge in [-0.3, -0.25) is 4.79 Å². The van der Waals surface area contributed by atoms with Gasteiger partial charge in [0.25, 0.3) is 5.91 Å². The zero-order chi connectivity index (χ0) is 23.3. The number of ether oxygens (including phenoxy) is 1. The largest absolute Gasteiger partial charge is 0.452 e. The summed E-state index contributed by atoms with van der Waals surface area (Å²) in [6.07, 6.45) is 2.34. The lowest BCUT2D eigenvalue weighted by atomic mass is 10.0. The van der Waals surface area contributed by atoms with Crippen molar-refractivity contribution in [1.82, 2.24) is 9.62 Å². The van der Waals surface area contributed by atoms with Crippen molar-refractivity contribution in [2.75, 3.05) is 13.2 Å². The third-order valence-electron chi connectivity index (χ3n) is 5.35. The third kappa shape index (κ3) is 5.68. The molecule has 0 radical (unpaired) electrons. The second-order valence-electron chi connectivity index (χ2n) is 7.83. The summed E-state index contributed by atoms with van der Waals surface area (Å²) in [5, 5.41) is 2.79. The summed E-state index contributed by atoms with van der Waals surface area (Å²) >= 11 is 6.12. The van der Waals surface area contributed by atoms with Crippen molar-refractivity contribution >= 4 is 33.5 Å². The second-order valence-corrected chi connectivity index (χ2v) is 10.2. The number of sulfonamides is 1. The maximum absolute atomic E-state index is 13.2. The second kappa shape index (κ2) is 10.5. The van der Waals surface area contributed by atoms with Crippen LogP contribution in [0.2, 0.25) is 5.02 Å². The van der Waals surface area contributed by atoms with E-state index in [0.29, 0.717) is 13.0 Å². The normalized spacial score (nSPS) is 15.0. The van der Waals surface area contributed by atoms with Gasteiger partial charge in [0.1, 0.15) is 0 Å². The topological polar surface area (TPSA) is 92.8 Å². The van der Waals surface area contributed by atoms with Gasteiger partial charge in [-0.1, -0.05) is 49.2 Å². The van der Waals surface area contributed by atoms with Gasteiger partial charge in [0.15, 0.2) is 6.61 Å². The smallest absolute Gasteiger partial charge is 0.340 e. The Kier molecular flexibility index (Phi) is 7.92. The maximum atomic E-state index is 13.2. The molecule has 1 N–H and O–H groups in total. The van der Waals surface area contributed by atoms with Crippen LogP contribution in [0.25, 0.3) is 0 Å². The Morgan fingerprint density at radius 1 is 1.19 bits per heavy atom. The minimum atomic E-state index is -3.84. The molecular weight excluding hydrogens is 452 g/mol. The fourth-order valence-electron chi connectivity index (χ4n) is 3.68. The lowest BCUT2D eigenvalue weighted by molar-refractivity contribution is -0.124. The summed E-state index contributed by atoms with van der Waals surface area (Å²) < 4.78 is 32.8. The van der Waals surface area contributed by atoms with Crippen LogP contribution in [0.15, 0.2) is 47.4 Å². The molecule has 3 rings (SSSR count). The van der Waals surface area contributed by atoms with Crippen molar-refractivity contribution in [2.24, 2.45) is 0 Å². The number of rotatable bonds is 8.